The minimum atomic E-state index is -1.08. The highest BCUT2D eigenvalue weighted by Gasteiger charge is 2.74. The van der Waals surface area contributed by atoms with Gasteiger partial charge in [0.25, 0.3) is 0 Å². The van der Waals surface area contributed by atoms with Crippen LogP contribution in [0.5, 0.6) is 0 Å². The number of benzene rings is 2. The Bertz CT molecular complexity index is 1040. The normalized spacial score (nSPS) is 33.4. The molecular weight excluding hydrogens is 354 g/mol. The van der Waals surface area contributed by atoms with Crippen molar-refractivity contribution in [3.63, 3.8) is 0 Å². The van der Waals surface area contributed by atoms with E-state index < -0.39 is 17.4 Å². The summed E-state index contributed by atoms with van der Waals surface area (Å²) in [5, 5.41) is 2.98. The molecular formula is C22H19N3O3. The number of nitrogens with zero attached hydrogens (tertiary/aromatic N) is 2. The van der Waals surface area contributed by atoms with Crippen molar-refractivity contribution in [3.05, 3.63) is 60.2 Å². The van der Waals surface area contributed by atoms with E-state index in [0.29, 0.717) is 5.69 Å². The van der Waals surface area contributed by atoms with Crippen LogP contribution in [-0.4, -0.2) is 35.2 Å². The van der Waals surface area contributed by atoms with Crippen LogP contribution in [0, 0.1) is 11.8 Å². The fraction of sp³-hybridized carbons (Fsp3) is 0.318. The van der Waals surface area contributed by atoms with E-state index in [1.807, 2.05) is 42.5 Å². The van der Waals surface area contributed by atoms with Crippen LogP contribution in [0.15, 0.2) is 54.6 Å². The van der Waals surface area contributed by atoms with Crippen LogP contribution in [0.3, 0.4) is 0 Å². The van der Waals surface area contributed by atoms with Gasteiger partial charge in [-0.2, -0.15) is 0 Å². The summed E-state index contributed by atoms with van der Waals surface area (Å²) in [5.41, 5.74) is 1.07. The molecule has 6 rings (SSSR count). The van der Waals surface area contributed by atoms with Crippen molar-refractivity contribution >= 4 is 29.1 Å². The minimum Gasteiger partial charge on any atom is -0.324 e. The Morgan fingerprint density at radius 1 is 0.929 bits per heavy atom. The molecule has 2 aromatic rings. The Morgan fingerprint density at radius 2 is 1.68 bits per heavy atom. The fourth-order valence-corrected chi connectivity index (χ4v) is 5.99. The summed E-state index contributed by atoms with van der Waals surface area (Å²) in [6.45, 7) is 0.727. The molecule has 2 aromatic carbocycles. The van der Waals surface area contributed by atoms with Gasteiger partial charge in [0.15, 0.2) is 0 Å². The van der Waals surface area contributed by atoms with E-state index in [-0.39, 0.29) is 23.8 Å². The van der Waals surface area contributed by atoms with Crippen molar-refractivity contribution in [2.24, 2.45) is 11.8 Å². The van der Waals surface area contributed by atoms with Crippen molar-refractivity contribution in [2.75, 3.05) is 16.8 Å². The van der Waals surface area contributed by atoms with Gasteiger partial charge in [0.05, 0.1) is 17.5 Å². The molecule has 4 aliphatic heterocycles. The number of rotatable bonds is 1. The smallest absolute Gasteiger partial charge is 0.250 e. The van der Waals surface area contributed by atoms with Gasteiger partial charge in [-0.05, 0) is 37.6 Å². The van der Waals surface area contributed by atoms with E-state index in [4.69, 9.17) is 0 Å². The summed E-state index contributed by atoms with van der Waals surface area (Å²) in [5.74, 6) is -1.78. The molecule has 0 aliphatic carbocycles. The number of nitrogens with one attached hydrogen (secondary N) is 1. The summed E-state index contributed by atoms with van der Waals surface area (Å²) in [7, 11) is 0. The molecule has 0 saturated carbocycles. The van der Waals surface area contributed by atoms with Gasteiger partial charge < -0.3 is 5.32 Å². The van der Waals surface area contributed by atoms with Gasteiger partial charge >= 0.3 is 0 Å². The second kappa shape index (κ2) is 5.29. The lowest BCUT2D eigenvalue weighted by molar-refractivity contribution is -0.135. The molecule has 3 fully saturated rings. The zero-order chi connectivity index (χ0) is 19.0. The quantitative estimate of drug-likeness (QED) is 0.778. The molecule has 6 nitrogen and oxygen atoms in total. The molecule has 3 amide bonds. The molecule has 4 heterocycles. The van der Waals surface area contributed by atoms with Crippen molar-refractivity contribution in [1.82, 2.24) is 4.90 Å². The van der Waals surface area contributed by atoms with Crippen LogP contribution in [0.25, 0.3) is 0 Å². The Morgan fingerprint density at radius 3 is 2.50 bits per heavy atom. The number of hydrogen-bond acceptors (Lipinski definition) is 4. The third kappa shape index (κ3) is 1.66. The standard InChI is InChI=1S/C22H19N3O3/c26-19-17-16-11-6-12-24(16)22(14-9-4-5-10-15(14)23-21(22)28)18(17)20(27)25(19)13-7-2-1-3-8-13/h1-5,7-10,16-18H,6,11-12H2,(H,23,28). The van der Waals surface area contributed by atoms with Crippen LogP contribution in [-0.2, 0) is 19.9 Å². The number of para-hydroxylation sites is 2. The maximum absolute atomic E-state index is 13.6. The molecule has 1 spiro atoms. The molecule has 4 aliphatic rings. The first-order valence-electron chi connectivity index (χ1n) is 9.76. The van der Waals surface area contributed by atoms with Gasteiger partial charge in [-0.15, -0.1) is 0 Å². The first-order valence-corrected chi connectivity index (χ1v) is 9.76. The topological polar surface area (TPSA) is 69.7 Å². The third-order valence-electron chi connectivity index (χ3n) is 6.91. The summed E-state index contributed by atoms with van der Waals surface area (Å²) < 4.78 is 0. The van der Waals surface area contributed by atoms with Crippen LogP contribution in [0.2, 0.25) is 0 Å². The molecule has 3 saturated heterocycles. The van der Waals surface area contributed by atoms with E-state index in [9.17, 15) is 14.4 Å². The summed E-state index contributed by atoms with van der Waals surface area (Å²) in [4.78, 5) is 43.9. The maximum atomic E-state index is 13.6. The molecule has 140 valence electrons. The van der Waals surface area contributed by atoms with Crippen molar-refractivity contribution in [2.45, 2.75) is 24.4 Å². The predicted molar refractivity (Wildman–Crippen MR) is 102 cm³/mol. The highest BCUT2D eigenvalue weighted by molar-refractivity contribution is 6.25. The Hall–Kier alpha value is -2.99. The second-order valence-corrected chi connectivity index (χ2v) is 8.02. The molecule has 0 radical (unpaired) electrons. The van der Waals surface area contributed by atoms with E-state index in [1.54, 1.807) is 12.1 Å². The van der Waals surface area contributed by atoms with Crippen molar-refractivity contribution in [3.8, 4) is 0 Å². The van der Waals surface area contributed by atoms with Gasteiger partial charge in [-0.1, -0.05) is 36.4 Å². The lowest BCUT2D eigenvalue weighted by atomic mass is 9.75. The zero-order valence-electron chi connectivity index (χ0n) is 15.2. The number of hydrogen-bond donors (Lipinski definition) is 1. The number of anilines is 2. The molecule has 4 atom stereocenters. The van der Waals surface area contributed by atoms with Gasteiger partial charge in [0, 0.05) is 17.3 Å². The Labute approximate surface area is 162 Å². The first kappa shape index (κ1) is 16.0. The fourth-order valence-electron chi connectivity index (χ4n) is 5.99. The largest absolute Gasteiger partial charge is 0.324 e. The van der Waals surface area contributed by atoms with Crippen LogP contribution < -0.4 is 10.2 Å². The second-order valence-electron chi connectivity index (χ2n) is 8.02. The third-order valence-corrected chi connectivity index (χ3v) is 6.91. The lowest BCUT2D eigenvalue weighted by Crippen LogP contribution is -2.54. The van der Waals surface area contributed by atoms with Gasteiger partial charge in [0.2, 0.25) is 17.7 Å². The van der Waals surface area contributed by atoms with Crippen LogP contribution in [0.1, 0.15) is 18.4 Å². The monoisotopic (exact) mass is 373 g/mol. The molecule has 0 aromatic heterocycles. The number of carbonyl (C=O) groups excluding carboxylic acids is 3. The Kier molecular flexibility index (Phi) is 3.03. The first-order chi connectivity index (χ1) is 13.7. The van der Waals surface area contributed by atoms with Crippen LogP contribution in [0.4, 0.5) is 11.4 Å². The van der Waals surface area contributed by atoms with Gasteiger partial charge in [0.1, 0.15) is 5.54 Å². The van der Waals surface area contributed by atoms with Crippen LogP contribution >= 0.6 is 0 Å². The molecule has 6 heteroatoms. The molecule has 1 N–H and O–H groups in total. The number of fused-ring (bicyclic) bond motifs is 7. The number of carbonyl (C=O) groups is 3. The lowest BCUT2D eigenvalue weighted by Gasteiger charge is -2.36. The summed E-state index contributed by atoms with van der Waals surface area (Å²) in [6, 6.07) is 16.5. The van der Waals surface area contributed by atoms with E-state index in [0.717, 1.165) is 30.6 Å². The van der Waals surface area contributed by atoms with Crippen molar-refractivity contribution in [1.29, 1.82) is 0 Å². The maximum Gasteiger partial charge on any atom is 0.250 e. The molecule has 4 unspecified atom stereocenters. The predicted octanol–water partition coefficient (Wildman–Crippen LogP) is 2.12. The van der Waals surface area contributed by atoms with E-state index in [1.165, 1.54) is 4.90 Å². The molecule has 28 heavy (non-hydrogen) atoms. The highest BCUT2D eigenvalue weighted by atomic mass is 16.2. The Balaban J connectivity index is 1.58. The van der Waals surface area contributed by atoms with Crippen molar-refractivity contribution < 1.29 is 14.4 Å². The zero-order valence-corrected chi connectivity index (χ0v) is 15.2. The van der Waals surface area contributed by atoms with Gasteiger partial charge in [-0.25, -0.2) is 4.90 Å². The number of imide groups is 1. The molecule has 0 bridgehead atoms. The van der Waals surface area contributed by atoms with E-state index >= 15 is 0 Å². The summed E-state index contributed by atoms with van der Waals surface area (Å²) >= 11 is 0. The summed E-state index contributed by atoms with van der Waals surface area (Å²) in [6.07, 6.45) is 1.76. The number of amides is 3. The SMILES string of the molecule is O=C1C2C3CCCN3C3(C(=O)Nc4ccccc43)C2C(=O)N1c1ccccc1. The average molecular weight is 373 g/mol. The van der Waals surface area contributed by atoms with Gasteiger partial charge in [-0.3, -0.25) is 19.3 Å². The highest BCUT2D eigenvalue weighted by Crippen LogP contribution is 2.60. The minimum absolute atomic E-state index is 0.0768. The average Bonchev–Trinajstić information content (AvgIpc) is 3.41. The van der Waals surface area contributed by atoms with E-state index in [2.05, 4.69) is 10.2 Å².